The molecule has 48 heavy (non-hydrogen) atoms. The second-order valence-corrected chi connectivity index (χ2v) is 19.1. The van der Waals surface area contributed by atoms with E-state index in [1.807, 2.05) is 0 Å². The first-order valence-electron chi connectivity index (χ1n) is 17.3. The maximum absolute atomic E-state index is 2.80. The van der Waals surface area contributed by atoms with Crippen molar-refractivity contribution >= 4 is 28.8 Å². The summed E-state index contributed by atoms with van der Waals surface area (Å²) in [5.41, 5.74) is 11.6. The Kier molecular flexibility index (Phi) is 18.4. The fourth-order valence-electron chi connectivity index (χ4n) is 6.93. The fourth-order valence-corrected chi connectivity index (χ4v) is 12.4. The Bertz CT molecular complexity index is 1360. The van der Waals surface area contributed by atoms with Gasteiger partial charge in [-0.3, -0.25) is 0 Å². The summed E-state index contributed by atoms with van der Waals surface area (Å²) in [7, 11) is -2.80. The van der Waals surface area contributed by atoms with E-state index in [0.717, 1.165) is 0 Å². The summed E-state index contributed by atoms with van der Waals surface area (Å²) in [6.45, 7) is 33.0. The van der Waals surface area contributed by atoms with Crippen molar-refractivity contribution in [1.29, 1.82) is 0 Å². The molecular weight excluding hydrogens is 699 g/mol. The van der Waals surface area contributed by atoms with Crippen LogP contribution in [0.15, 0.2) is 66.7 Å². The first kappa shape index (κ1) is 46.8. The van der Waals surface area contributed by atoms with E-state index in [2.05, 4.69) is 164 Å². The largest absolute Gasteiger partial charge is 4.00 e. The molecule has 0 atom stereocenters. The molecule has 0 aliphatic rings. The smallest absolute Gasteiger partial charge is 1.00 e. The second-order valence-electron chi connectivity index (χ2n) is 15.4. The summed E-state index contributed by atoms with van der Waals surface area (Å²) in [5, 5.41) is 6.20. The summed E-state index contributed by atoms with van der Waals surface area (Å²) in [6, 6.07) is 27.9. The van der Waals surface area contributed by atoms with Gasteiger partial charge in [-0.05, 0) is 68.9 Å². The van der Waals surface area contributed by atoms with Crippen LogP contribution in [0.25, 0.3) is 0 Å². The zero-order chi connectivity index (χ0) is 32.7. The Morgan fingerprint density at radius 1 is 0.375 bits per heavy atom. The number of hydrogen-bond acceptors (Lipinski definition) is 0. The molecule has 0 N–H and O–H groups in total. The molecule has 0 heterocycles. The number of halogens is 3. The summed E-state index contributed by atoms with van der Waals surface area (Å²) in [6.07, 6.45) is 0. The van der Waals surface area contributed by atoms with Crippen molar-refractivity contribution in [3.05, 3.63) is 111 Å². The van der Waals surface area contributed by atoms with Crippen LogP contribution in [0.2, 0.25) is 0 Å². The van der Waals surface area contributed by atoms with Gasteiger partial charge < -0.3 is 37.2 Å². The summed E-state index contributed by atoms with van der Waals surface area (Å²) in [4.78, 5) is 0. The molecule has 0 aliphatic heterocycles. The van der Waals surface area contributed by atoms with Crippen LogP contribution in [-0.4, -0.2) is 8.07 Å². The summed E-state index contributed by atoms with van der Waals surface area (Å²) >= 11 is 0. The van der Waals surface area contributed by atoms with Crippen LogP contribution in [0, 0.1) is 13.8 Å². The molecule has 0 fully saturated rings. The number of aryl methyl sites for hydroxylation is 2. The molecule has 0 amide bonds. The molecular formula is C43H59Cl3SiTi. The molecule has 0 aromatic heterocycles. The minimum absolute atomic E-state index is 0. The quantitative estimate of drug-likeness (QED) is 0.130. The predicted molar refractivity (Wildman–Crippen MR) is 200 cm³/mol. The van der Waals surface area contributed by atoms with Crippen LogP contribution in [-0.2, 0) is 21.7 Å². The molecule has 260 valence electrons. The minimum atomic E-state index is -2.80. The van der Waals surface area contributed by atoms with Crippen LogP contribution < -0.4 is 58.0 Å². The topological polar surface area (TPSA) is 0 Å². The normalized spacial score (nSPS) is 11.6. The maximum Gasteiger partial charge on any atom is 4.00 e. The van der Waals surface area contributed by atoms with E-state index < -0.39 is 8.07 Å². The average Bonchev–Trinajstić information content (AvgIpc) is 3.30. The molecule has 0 unspecified atom stereocenters. The Balaban J connectivity index is 0.00000552. The molecule has 0 spiro atoms. The number of hydrogen-bond donors (Lipinski definition) is 0. The molecule has 0 radical (unpaired) electrons. The van der Waals surface area contributed by atoms with Crippen LogP contribution in [0.3, 0.4) is 0 Å². The van der Waals surface area contributed by atoms with Gasteiger partial charge in [-0.2, -0.15) is 11.1 Å². The molecule has 4 aromatic rings. The van der Waals surface area contributed by atoms with Gasteiger partial charge in [0, 0.05) is 0 Å². The third-order valence-corrected chi connectivity index (χ3v) is 15.0. The van der Waals surface area contributed by atoms with Gasteiger partial charge in [0.15, 0.2) is 0 Å². The summed E-state index contributed by atoms with van der Waals surface area (Å²) < 4.78 is 0. The van der Waals surface area contributed by atoms with Crippen LogP contribution >= 0.6 is 0 Å². The standard InChI is InChI=1S/C43H59Si.3ClH.Ti/c1-26(2)34-17-35(27(3)4)21-40(20-34)44(43-32(13)15-16-33(43)14,41-22-36(28(5)6)18-37(23-41)29(7)8)42-24-38(30(9)10)19-39(25-42)31(11)12;;;;/h15-31H,1-14H3;3*1H;/q-1;;;;+4/p-3. The van der Waals surface area contributed by atoms with Gasteiger partial charge >= 0.3 is 21.7 Å². The van der Waals surface area contributed by atoms with Crippen LogP contribution in [0.5, 0.6) is 0 Å². The molecule has 0 bridgehead atoms. The van der Waals surface area contributed by atoms with Crippen molar-refractivity contribution in [2.45, 2.75) is 132 Å². The van der Waals surface area contributed by atoms with Gasteiger partial charge in [-0.25, -0.2) is 12.1 Å². The van der Waals surface area contributed by atoms with Crippen molar-refractivity contribution in [1.82, 2.24) is 0 Å². The van der Waals surface area contributed by atoms with Crippen molar-refractivity contribution in [3.8, 4) is 0 Å². The zero-order valence-electron chi connectivity index (χ0n) is 31.9. The third-order valence-electron chi connectivity index (χ3n) is 9.98. The third kappa shape index (κ3) is 9.37. The second kappa shape index (κ2) is 18.9. The number of rotatable bonds is 10. The Hall–Kier alpha value is -1.19. The van der Waals surface area contributed by atoms with Gasteiger partial charge in [-0.15, -0.1) is 5.19 Å². The van der Waals surface area contributed by atoms with E-state index in [4.69, 9.17) is 0 Å². The fraction of sp³-hybridized carbons (Fsp3) is 0.465. The molecule has 0 saturated heterocycles. The van der Waals surface area contributed by atoms with E-state index in [0.29, 0.717) is 35.5 Å². The van der Waals surface area contributed by atoms with Crippen LogP contribution in [0.4, 0.5) is 0 Å². The monoisotopic (exact) mass is 756 g/mol. The molecule has 4 rings (SSSR count). The van der Waals surface area contributed by atoms with E-state index >= 15 is 0 Å². The van der Waals surface area contributed by atoms with Gasteiger partial charge in [0.1, 0.15) is 8.07 Å². The molecule has 0 nitrogen and oxygen atoms in total. The Morgan fingerprint density at radius 2 is 0.562 bits per heavy atom. The van der Waals surface area contributed by atoms with Crippen molar-refractivity contribution in [2.75, 3.05) is 0 Å². The van der Waals surface area contributed by atoms with Gasteiger partial charge in [-0.1, -0.05) is 167 Å². The van der Waals surface area contributed by atoms with E-state index in [1.165, 1.54) is 60.1 Å². The molecule has 4 aromatic carbocycles. The molecule has 0 saturated carbocycles. The van der Waals surface area contributed by atoms with E-state index in [9.17, 15) is 0 Å². The summed E-state index contributed by atoms with van der Waals surface area (Å²) in [5.74, 6) is 2.76. The Morgan fingerprint density at radius 3 is 0.729 bits per heavy atom. The predicted octanol–water partition coefficient (Wildman–Crippen LogP) is 1.15. The minimum Gasteiger partial charge on any atom is -1.00 e. The molecule has 0 aliphatic carbocycles. The van der Waals surface area contributed by atoms with Crippen molar-refractivity contribution in [2.24, 2.45) is 0 Å². The SMILES string of the molecule is Cc1ccc(C)[c-]1[Si](c1cc(C(C)C)cc(C(C)C)c1)(c1cc(C(C)C)cc(C(C)C)c1)c1cc(C(C)C)cc(C(C)C)c1.[Cl-].[Cl-].[Cl-].[Ti+4]. The van der Waals surface area contributed by atoms with Crippen molar-refractivity contribution < 1.29 is 58.9 Å². The number of benzene rings is 3. The Labute approximate surface area is 329 Å². The van der Waals surface area contributed by atoms with Gasteiger partial charge in [0.2, 0.25) is 0 Å². The van der Waals surface area contributed by atoms with Crippen molar-refractivity contribution in [3.63, 3.8) is 0 Å². The average molecular weight is 758 g/mol. The first-order chi connectivity index (χ1) is 20.6. The first-order valence-corrected chi connectivity index (χ1v) is 19.3. The van der Waals surface area contributed by atoms with Gasteiger partial charge in [0.05, 0.1) is 0 Å². The molecule has 5 heteroatoms. The van der Waals surface area contributed by atoms with E-state index in [-0.39, 0.29) is 58.9 Å². The zero-order valence-corrected chi connectivity index (χ0v) is 36.8. The maximum atomic E-state index is 2.61. The van der Waals surface area contributed by atoms with Gasteiger partial charge in [0.25, 0.3) is 0 Å². The van der Waals surface area contributed by atoms with Crippen LogP contribution in [0.1, 0.15) is 163 Å². The van der Waals surface area contributed by atoms with E-state index in [1.54, 1.807) is 5.19 Å².